The molecule has 0 saturated heterocycles. The molecule has 0 spiro atoms. The molecular formula is C13H25IN4O. The minimum absolute atomic E-state index is 0. The third-order valence-electron chi connectivity index (χ3n) is 2.43. The Labute approximate surface area is 132 Å². The molecule has 0 fully saturated rings. The minimum atomic E-state index is -0.0775. The highest BCUT2D eigenvalue weighted by Gasteiger charge is 2.17. The van der Waals surface area contributed by atoms with Crippen LogP contribution in [-0.2, 0) is 0 Å². The molecule has 0 amide bonds. The second-order valence-corrected chi connectivity index (χ2v) is 5.60. The fraction of sp³-hybridized carbons (Fsp3) is 0.615. The Morgan fingerprint density at radius 3 is 2.53 bits per heavy atom. The molecule has 0 saturated carbocycles. The number of hydrogen-bond acceptors (Lipinski definition) is 3. The van der Waals surface area contributed by atoms with Crippen LogP contribution in [0.3, 0.4) is 0 Å². The normalized spacial score (nSPS) is 14.1. The number of furan rings is 1. The van der Waals surface area contributed by atoms with E-state index in [0.717, 1.165) is 5.76 Å². The molecule has 0 aromatic carbocycles. The van der Waals surface area contributed by atoms with Crippen LogP contribution >= 0.6 is 24.0 Å². The number of halogens is 1. The first-order chi connectivity index (χ1) is 8.29. The molecule has 19 heavy (non-hydrogen) atoms. The van der Waals surface area contributed by atoms with Crippen molar-refractivity contribution in [3.05, 3.63) is 24.2 Å². The minimum Gasteiger partial charge on any atom is -0.468 e. The molecule has 0 aliphatic carbocycles. The Hall–Kier alpha value is -0.760. The van der Waals surface area contributed by atoms with Gasteiger partial charge in [-0.05, 0) is 47.0 Å². The lowest BCUT2D eigenvalue weighted by Crippen LogP contribution is -2.45. The highest BCUT2D eigenvalue weighted by atomic mass is 127. The molecule has 5 nitrogen and oxygen atoms in total. The van der Waals surface area contributed by atoms with Crippen LogP contribution in [0.15, 0.2) is 27.8 Å². The van der Waals surface area contributed by atoms with Gasteiger partial charge in [-0.25, -0.2) is 0 Å². The van der Waals surface area contributed by atoms with Crippen LogP contribution in [0.25, 0.3) is 0 Å². The number of nitrogens with two attached hydrogens (primary N) is 1. The first-order valence-corrected chi connectivity index (χ1v) is 6.07. The van der Waals surface area contributed by atoms with Crippen molar-refractivity contribution in [1.29, 1.82) is 0 Å². The monoisotopic (exact) mass is 380 g/mol. The zero-order valence-corrected chi connectivity index (χ0v) is 14.6. The molecule has 0 bridgehead atoms. The molecule has 1 atom stereocenters. The highest BCUT2D eigenvalue weighted by molar-refractivity contribution is 14.0. The highest BCUT2D eigenvalue weighted by Crippen LogP contribution is 2.18. The van der Waals surface area contributed by atoms with E-state index in [4.69, 9.17) is 10.2 Å². The van der Waals surface area contributed by atoms with Crippen LogP contribution in [0.2, 0.25) is 0 Å². The topological polar surface area (TPSA) is 66.8 Å². The summed E-state index contributed by atoms with van der Waals surface area (Å²) in [7, 11) is 3.99. The second-order valence-electron chi connectivity index (χ2n) is 5.60. The van der Waals surface area contributed by atoms with Gasteiger partial charge in [0, 0.05) is 5.54 Å². The molecule has 0 radical (unpaired) electrons. The standard InChI is InChI=1S/C13H24N4O.HI/c1-13(2,3)16-12(14)15-9-10(17(4)5)11-7-6-8-18-11;/h6-8,10H,9H2,1-5H3,(H3,14,15,16);1H. The summed E-state index contributed by atoms with van der Waals surface area (Å²) >= 11 is 0. The van der Waals surface area contributed by atoms with Crippen LogP contribution in [0.5, 0.6) is 0 Å². The van der Waals surface area contributed by atoms with Crippen molar-refractivity contribution in [2.45, 2.75) is 32.4 Å². The third kappa shape index (κ3) is 6.81. The van der Waals surface area contributed by atoms with Crippen LogP contribution in [0.1, 0.15) is 32.6 Å². The first kappa shape index (κ1) is 18.2. The quantitative estimate of drug-likeness (QED) is 0.478. The molecule has 6 heteroatoms. The molecule has 0 aliphatic rings. The molecule has 0 aliphatic heterocycles. The van der Waals surface area contributed by atoms with Crippen molar-refractivity contribution in [3.8, 4) is 0 Å². The van der Waals surface area contributed by atoms with Gasteiger partial charge >= 0.3 is 0 Å². The maximum atomic E-state index is 5.85. The number of aliphatic imine (C=N–C) groups is 1. The van der Waals surface area contributed by atoms with Crippen molar-refractivity contribution in [3.63, 3.8) is 0 Å². The SMILES string of the molecule is CN(C)C(CN=C(N)NC(C)(C)C)c1ccco1.I. The Morgan fingerprint density at radius 2 is 2.11 bits per heavy atom. The maximum absolute atomic E-state index is 5.85. The van der Waals surface area contributed by atoms with E-state index in [0.29, 0.717) is 12.5 Å². The number of hydrogen-bond donors (Lipinski definition) is 2. The van der Waals surface area contributed by atoms with E-state index in [1.54, 1.807) is 6.26 Å². The lowest BCUT2D eigenvalue weighted by atomic mass is 10.1. The molecule has 1 rings (SSSR count). The van der Waals surface area contributed by atoms with E-state index in [1.165, 1.54) is 0 Å². The number of likely N-dealkylation sites (N-methyl/N-ethyl adjacent to an activating group) is 1. The average molecular weight is 380 g/mol. The lowest BCUT2D eigenvalue weighted by molar-refractivity contribution is 0.265. The number of guanidine groups is 1. The van der Waals surface area contributed by atoms with E-state index in [1.807, 2.05) is 47.0 Å². The summed E-state index contributed by atoms with van der Waals surface area (Å²) in [6.07, 6.45) is 1.67. The van der Waals surface area contributed by atoms with Crippen LogP contribution in [0.4, 0.5) is 0 Å². The summed E-state index contributed by atoms with van der Waals surface area (Å²) in [6.45, 7) is 6.71. The van der Waals surface area contributed by atoms with Crippen LogP contribution < -0.4 is 11.1 Å². The Balaban J connectivity index is 0.00000324. The average Bonchev–Trinajstić information content (AvgIpc) is 2.67. The van der Waals surface area contributed by atoms with Gasteiger partial charge in [-0.2, -0.15) is 0 Å². The van der Waals surface area contributed by atoms with Crippen molar-refractivity contribution < 1.29 is 4.42 Å². The summed E-state index contributed by atoms with van der Waals surface area (Å²) in [5, 5.41) is 3.14. The molecular weight excluding hydrogens is 355 g/mol. The fourth-order valence-corrected chi connectivity index (χ4v) is 1.60. The smallest absolute Gasteiger partial charge is 0.189 e. The van der Waals surface area contributed by atoms with E-state index in [9.17, 15) is 0 Å². The van der Waals surface area contributed by atoms with Crippen LogP contribution in [0, 0.1) is 0 Å². The van der Waals surface area contributed by atoms with Gasteiger partial charge < -0.3 is 15.5 Å². The van der Waals surface area contributed by atoms with Crippen molar-refractivity contribution in [2.24, 2.45) is 10.7 Å². The second kappa shape index (κ2) is 7.74. The number of nitrogens with one attached hydrogen (secondary N) is 1. The van der Waals surface area contributed by atoms with E-state index >= 15 is 0 Å². The summed E-state index contributed by atoms with van der Waals surface area (Å²) in [6, 6.07) is 3.93. The van der Waals surface area contributed by atoms with E-state index in [-0.39, 0.29) is 35.6 Å². The lowest BCUT2D eigenvalue weighted by Gasteiger charge is -2.23. The Bertz CT molecular complexity index is 382. The molecule has 1 heterocycles. The Morgan fingerprint density at radius 1 is 1.47 bits per heavy atom. The van der Waals surface area contributed by atoms with Gasteiger partial charge in [0.1, 0.15) is 5.76 Å². The maximum Gasteiger partial charge on any atom is 0.189 e. The molecule has 110 valence electrons. The van der Waals surface area contributed by atoms with Gasteiger partial charge in [-0.3, -0.25) is 9.89 Å². The molecule has 1 unspecified atom stereocenters. The largest absolute Gasteiger partial charge is 0.468 e. The number of nitrogens with zero attached hydrogens (tertiary/aromatic N) is 2. The van der Waals surface area contributed by atoms with Gasteiger partial charge in [0.2, 0.25) is 0 Å². The van der Waals surface area contributed by atoms with E-state index < -0.39 is 0 Å². The first-order valence-electron chi connectivity index (χ1n) is 6.07. The van der Waals surface area contributed by atoms with Crippen molar-refractivity contribution in [2.75, 3.05) is 20.6 Å². The van der Waals surface area contributed by atoms with Crippen molar-refractivity contribution in [1.82, 2.24) is 10.2 Å². The predicted octanol–water partition coefficient (Wildman–Crippen LogP) is 2.20. The summed E-state index contributed by atoms with van der Waals surface area (Å²) in [5.41, 5.74) is 5.77. The zero-order chi connectivity index (χ0) is 13.8. The van der Waals surface area contributed by atoms with Crippen LogP contribution in [-0.4, -0.2) is 37.0 Å². The molecule has 3 N–H and O–H groups in total. The van der Waals surface area contributed by atoms with Gasteiger partial charge in [-0.1, -0.05) is 0 Å². The summed E-state index contributed by atoms with van der Waals surface area (Å²) in [4.78, 5) is 6.43. The van der Waals surface area contributed by atoms with E-state index in [2.05, 4.69) is 15.2 Å². The molecule has 1 aromatic heterocycles. The fourth-order valence-electron chi connectivity index (χ4n) is 1.60. The summed E-state index contributed by atoms with van der Waals surface area (Å²) in [5.74, 6) is 1.35. The predicted molar refractivity (Wildman–Crippen MR) is 89.9 cm³/mol. The zero-order valence-electron chi connectivity index (χ0n) is 12.3. The Kier molecular flexibility index (Phi) is 7.43. The molecule has 1 aromatic rings. The summed E-state index contributed by atoms with van der Waals surface area (Å²) < 4.78 is 5.42. The van der Waals surface area contributed by atoms with Gasteiger partial charge in [0.25, 0.3) is 0 Å². The third-order valence-corrected chi connectivity index (χ3v) is 2.43. The van der Waals surface area contributed by atoms with Crippen molar-refractivity contribution >= 4 is 29.9 Å². The van der Waals surface area contributed by atoms with Gasteiger partial charge in [0.15, 0.2) is 5.96 Å². The van der Waals surface area contributed by atoms with Gasteiger partial charge in [0.05, 0.1) is 18.8 Å². The van der Waals surface area contributed by atoms with Gasteiger partial charge in [-0.15, -0.1) is 24.0 Å². The number of rotatable bonds is 4.